The largest absolute Gasteiger partial charge is 0.462 e. The summed E-state index contributed by atoms with van der Waals surface area (Å²) in [7, 11) is 0. The van der Waals surface area contributed by atoms with Crippen molar-refractivity contribution in [1.82, 2.24) is 0 Å². The molecule has 1 heterocycles. The number of anilines is 1. The number of hydrogen-bond acceptors (Lipinski definition) is 3. The van der Waals surface area contributed by atoms with Crippen LogP contribution in [-0.4, -0.2) is 19.1 Å². The Morgan fingerprint density at radius 1 is 1.39 bits per heavy atom. The normalized spacial score (nSPS) is 17.8. The van der Waals surface area contributed by atoms with E-state index < -0.39 is 0 Å². The van der Waals surface area contributed by atoms with Crippen molar-refractivity contribution in [2.24, 2.45) is 5.92 Å². The van der Waals surface area contributed by atoms with Gasteiger partial charge in [-0.15, -0.1) is 0 Å². The molecule has 1 fully saturated rings. The number of aryl methyl sites for hydroxylation is 1. The minimum Gasteiger partial charge on any atom is -0.462 e. The van der Waals surface area contributed by atoms with Gasteiger partial charge in [-0.3, -0.25) is 0 Å². The number of nitrogens with one attached hydrogen (secondary N) is 1. The Hall–Kier alpha value is -1.51. The highest BCUT2D eigenvalue weighted by atomic mass is 16.5. The van der Waals surface area contributed by atoms with Crippen LogP contribution in [0.3, 0.4) is 0 Å². The predicted molar refractivity (Wildman–Crippen MR) is 70.9 cm³/mol. The summed E-state index contributed by atoms with van der Waals surface area (Å²) in [6.45, 7) is 1.59. The highest BCUT2D eigenvalue weighted by Crippen LogP contribution is 2.32. The Kier molecular flexibility index (Phi) is 3.22. The number of hydrogen-bond donors (Lipinski definition) is 1. The first-order chi connectivity index (χ1) is 8.83. The highest BCUT2D eigenvalue weighted by Gasteiger charge is 2.21. The van der Waals surface area contributed by atoms with Crippen LogP contribution < -0.4 is 5.32 Å². The number of rotatable bonds is 4. The molecule has 0 unspecified atom stereocenters. The van der Waals surface area contributed by atoms with Crippen molar-refractivity contribution >= 4 is 11.7 Å². The molecule has 1 aliphatic carbocycles. The predicted octanol–water partition coefficient (Wildman–Crippen LogP) is 3.00. The highest BCUT2D eigenvalue weighted by molar-refractivity contribution is 5.90. The number of esters is 1. The Bertz CT molecular complexity index is 452. The number of benzene rings is 1. The lowest BCUT2D eigenvalue weighted by Crippen LogP contribution is -2.13. The van der Waals surface area contributed by atoms with E-state index in [1.165, 1.54) is 18.4 Å². The molecule has 1 saturated carbocycles. The van der Waals surface area contributed by atoms with Crippen molar-refractivity contribution in [3.8, 4) is 0 Å². The van der Waals surface area contributed by atoms with Crippen LogP contribution in [0, 0.1) is 5.92 Å². The smallest absolute Gasteiger partial charge is 0.338 e. The van der Waals surface area contributed by atoms with E-state index in [1.54, 1.807) is 0 Å². The van der Waals surface area contributed by atoms with Crippen LogP contribution in [0.2, 0.25) is 0 Å². The summed E-state index contributed by atoms with van der Waals surface area (Å²) in [5.74, 6) is 0.634. The maximum Gasteiger partial charge on any atom is 0.338 e. The maximum atomic E-state index is 11.9. The summed E-state index contributed by atoms with van der Waals surface area (Å²) in [6, 6.07) is 5.82. The minimum absolute atomic E-state index is 0.177. The van der Waals surface area contributed by atoms with E-state index in [0.717, 1.165) is 37.4 Å². The van der Waals surface area contributed by atoms with Crippen molar-refractivity contribution in [3.63, 3.8) is 0 Å². The van der Waals surface area contributed by atoms with Gasteiger partial charge in [-0.2, -0.15) is 0 Å². The van der Waals surface area contributed by atoms with Crippen molar-refractivity contribution in [3.05, 3.63) is 29.3 Å². The molecular formula is C15H19NO2. The quantitative estimate of drug-likeness (QED) is 0.829. The van der Waals surface area contributed by atoms with Crippen LogP contribution in [0.5, 0.6) is 0 Å². The van der Waals surface area contributed by atoms with E-state index in [1.807, 2.05) is 18.2 Å². The molecule has 0 spiro atoms. The number of carbonyl (C=O) groups excluding carboxylic acids is 1. The van der Waals surface area contributed by atoms with E-state index in [2.05, 4.69) is 5.32 Å². The molecule has 1 aromatic rings. The standard InChI is InChI=1S/C15H19NO2/c17-15(18-9-7-11-3-4-11)13-5-6-14-12(10-13)2-1-8-16-14/h5-6,10-11,16H,1-4,7-9H2. The summed E-state index contributed by atoms with van der Waals surface area (Å²) < 4.78 is 5.31. The Morgan fingerprint density at radius 2 is 2.28 bits per heavy atom. The van der Waals surface area contributed by atoms with Crippen LogP contribution in [0.15, 0.2) is 18.2 Å². The third-order valence-corrected chi connectivity index (χ3v) is 3.74. The summed E-state index contributed by atoms with van der Waals surface area (Å²) >= 11 is 0. The lowest BCUT2D eigenvalue weighted by atomic mass is 10.0. The molecule has 1 N–H and O–H groups in total. The fourth-order valence-corrected chi connectivity index (χ4v) is 2.41. The molecule has 0 atom stereocenters. The average Bonchev–Trinajstić information content (AvgIpc) is 3.22. The molecule has 96 valence electrons. The second-order valence-corrected chi connectivity index (χ2v) is 5.27. The molecular weight excluding hydrogens is 226 g/mol. The summed E-state index contributed by atoms with van der Waals surface area (Å²) in [5, 5.41) is 3.34. The molecule has 0 aromatic heterocycles. The molecule has 3 heteroatoms. The van der Waals surface area contributed by atoms with E-state index in [-0.39, 0.29) is 5.97 Å². The van der Waals surface area contributed by atoms with Gasteiger partial charge in [0.15, 0.2) is 0 Å². The van der Waals surface area contributed by atoms with Crippen molar-refractivity contribution in [1.29, 1.82) is 0 Å². The molecule has 3 nitrogen and oxygen atoms in total. The van der Waals surface area contributed by atoms with Crippen molar-refractivity contribution in [2.45, 2.75) is 32.1 Å². The zero-order valence-corrected chi connectivity index (χ0v) is 10.6. The van der Waals surface area contributed by atoms with Gasteiger partial charge in [0.1, 0.15) is 0 Å². The van der Waals surface area contributed by atoms with Crippen LogP contribution in [0.1, 0.15) is 41.6 Å². The lowest BCUT2D eigenvalue weighted by Gasteiger charge is -2.18. The molecule has 18 heavy (non-hydrogen) atoms. The van der Waals surface area contributed by atoms with Crippen LogP contribution in [0.25, 0.3) is 0 Å². The average molecular weight is 245 g/mol. The first-order valence-electron chi connectivity index (χ1n) is 6.87. The summed E-state index contributed by atoms with van der Waals surface area (Å²) in [6.07, 6.45) is 5.82. The number of ether oxygens (including phenoxy) is 1. The van der Waals surface area contributed by atoms with E-state index in [0.29, 0.717) is 12.2 Å². The SMILES string of the molecule is O=C(OCCC1CC1)c1ccc2c(c1)CCCN2. The van der Waals surface area contributed by atoms with Gasteiger partial charge in [-0.25, -0.2) is 4.79 Å². The van der Waals surface area contributed by atoms with Gasteiger partial charge in [-0.1, -0.05) is 12.8 Å². The molecule has 1 aromatic carbocycles. The van der Waals surface area contributed by atoms with Crippen LogP contribution >= 0.6 is 0 Å². The summed E-state index contributed by atoms with van der Waals surface area (Å²) in [5.41, 5.74) is 3.09. The van der Waals surface area contributed by atoms with E-state index in [4.69, 9.17) is 4.74 Å². The Balaban J connectivity index is 1.61. The van der Waals surface area contributed by atoms with Gasteiger partial charge in [0.05, 0.1) is 12.2 Å². The molecule has 0 saturated heterocycles. The Labute approximate surface area is 108 Å². The molecule has 0 bridgehead atoms. The lowest BCUT2D eigenvalue weighted by molar-refractivity contribution is 0.0495. The topological polar surface area (TPSA) is 38.3 Å². The summed E-state index contributed by atoms with van der Waals surface area (Å²) in [4.78, 5) is 11.9. The van der Waals surface area contributed by atoms with Crippen molar-refractivity contribution < 1.29 is 9.53 Å². The second-order valence-electron chi connectivity index (χ2n) is 5.27. The zero-order chi connectivity index (χ0) is 12.4. The van der Waals surface area contributed by atoms with Gasteiger partial charge in [-0.05, 0) is 48.9 Å². The van der Waals surface area contributed by atoms with Crippen molar-refractivity contribution in [2.75, 3.05) is 18.5 Å². The first kappa shape index (κ1) is 11.6. The van der Waals surface area contributed by atoms with E-state index >= 15 is 0 Å². The fraction of sp³-hybridized carbons (Fsp3) is 0.533. The van der Waals surface area contributed by atoms with Gasteiger partial charge in [0.25, 0.3) is 0 Å². The maximum absolute atomic E-state index is 11.9. The zero-order valence-electron chi connectivity index (χ0n) is 10.6. The number of carbonyl (C=O) groups is 1. The third kappa shape index (κ3) is 2.66. The molecule has 3 rings (SSSR count). The molecule has 2 aliphatic rings. The number of fused-ring (bicyclic) bond motifs is 1. The van der Waals surface area contributed by atoms with E-state index in [9.17, 15) is 4.79 Å². The minimum atomic E-state index is -0.177. The first-order valence-corrected chi connectivity index (χ1v) is 6.87. The monoisotopic (exact) mass is 245 g/mol. The second kappa shape index (κ2) is 5.01. The third-order valence-electron chi connectivity index (χ3n) is 3.74. The molecule has 1 aliphatic heterocycles. The van der Waals surface area contributed by atoms with Crippen LogP contribution in [0.4, 0.5) is 5.69 Å². The molecule has 0 amide bonds. The Morgan fingerprint density at radius 3 is 3.11 bits per heavy atom. The van der Waals surface area contributed by atoms with Gasteiger partial charge in [0, 0.05) is 12.2 Å². The van der Waals surface area contributed by atoms with Gasteiger partial charge in [0.2, 0.25) is 0 Å². The molecule has 0 radical (unpaired) electrons. The van der Waals surface area contributed by atoms with Gasteiger partial charge >= 0.3 is 5.97 Å². The van der Waals surface area contributed by atoms with Gasteiger partial charge < -0.3 is 10.1 Å². The van der Waals surface area contributed by atoms with Crippen LogP contribution in [-0.2, 0) is 11.2 Å². The fourth-order valence-electron chi connectivity index (χ4n) is 2.41.